The molecule has 0 saturated heterocycles. The van der Waals surface area contributed by atoms with Crippen LogP contribution in [0.15, 0.2) is 82.6 Å². The Morgan fingerprint density at radius 1 is 0.952 bits per heavy atom. The van der Waals surface area contributed by atoms with Gasteiger partial charge in [-0.05, 0) is 99.7 Å². The van der Waals surface area contributed by atoms with Crippen LogP contribution in [0.3, 0.4) is 0 Å². The first kappa shape index (κ1) is 32.9. The van der Waals surface area contributed by atoms with E-state index in [0.717, 1.165) is 9.20 Å². The first-order chi connectivity index (χ1) is 20.0. The van der Waals surface area contributed by atoms with E-state index in [0.29, 0.717) is 24.3 Å². The molecule has 0 aliphatic heterocycles. The van der Waals surface area contributed by atoms with E-state index in [1.165, 1.54) is 53.1 Å². The molecule has 0 bridgehead atoms. The fraction of sp³-hybridized carbons (Fsp3) is 0.355. The molecular formula is C31H38FN3O5S2. The third kappa shape index (κ3) is 8.48. The molecule has 0 heterocycles. The maximum Gasteiger partial charge on any atom is 0.264 e. The summed E-state index contributed by atoms with van der Waals surface area (Å²) in [5.74, 6) is -0.839. The highest BCUT2D eigenvalue weighted by atomic mass is 32.2. The zero-order valence-electron chi connectivity index (χ0n) is 24.5. The largest absolute Gasteiger partial charge is 0.494 e. The van der Waals surface area contributed by atoms with E-state index in [1.54, 1.807) is 43.3 Å². The number of hydrogen-bond donors (Lipinski definition) is 1. The van der Waals surface area contributed by atoms with E-state index in [9.17, 15) is 22.4 Å². The Morgan fingerprint density at radius 2 is 1.57 bits per heavy atom. The molecule has 1 N–H and O–H groups in total. The number of carbonyl (C=O) groups is 2. The van der Waals surface area contributed by atoms with Crippen LogP contribution in [-0.4, -0.2) is 56.6 Å². The molecule has 0 spiro atoms. The Morgan fingerprint density at radius 3 is 2.12 bits per heavy atom. The van der Waals surface area contributed by atoms with Gasteiger partial charge in [-0.3, -0.25) is 13.9 Å². The first-order valence-corrected chi connectivity index (χ1v) is 16.4. The SMILES string of the molecule is CCOc1ccc(N(CC(=O)N(Cc2ccc(F)cc2)[C@@H](C)C(=O)N[C@H](C)CC)S(=O)(=O)c2ccc(SC)cc2)cc1. The molecule has 2 atom stereocenters. The van der Waals surface area contributed by atoms with Gasteiger partial charge in [0.15, 0.2) is 0 Å². The monoisotopic (exact) mass is 615 g/mol. The van der Waals surface area contributed by atoms with Crippen LogP contribution in [-0.2, 0) is 26.2 Å². The van der Waals surface area contributed by atoms with Crippen LogP contribution in [0.5, 0.6) is 5.75 Å². The number of benzene rings is 3. The van der Waals surface area contributed by atoms with Crippen molar-refractivity contribution in [3.05, 3.63) is 84.2 Å². The third-order valence-corrected chi connectivity index (χ3v) is 9.33. The Labute approximate surface area is 252 Å². The number of sulfonamides is 1. The number of amides is 2. The summed E-state index contributed by atoms with van der Waals surface area (Å²) in [4.78, 5) is 29.3. The predicted molar refractivity (Wildman–Crippen MR) is 165 cm³/mol. The smallest absolute Gasteiger partial charge is 0.264 e. The fourth-order valence-corrected chi connectivity index (χ4v) is 5.94. The van der Waals surface area contributed by atoms with Crippen molar-refractivity contribution in [1.29, 1.82) is 0 Å². The van der Waals surface area contributed by atoms with Crippen LogP contribution in [0, 0.1) is 5.82 Å². The van der Waals surface area contributed by atoms with E-state index in [4.69, 9.17) is 4.74 Å². The lowest BCUT2D eigenvalue weighted by atomic mass is 10.1. The van der Waals surface area contributed by atoms with Crippen molar-refractivity contribution in [2.24, 2.45) is 0 Å². The maximum absolute atomic E-state index is 14.0. The average Bonchev–Trinajstić information content (AvgIpc) is 2.99. The number of rotatable bonds is 14. The van der Waals surface area contributed by atoms with Crippen molar-refractivity contribution in [2.45, 2.75) is 62.5 Å². The minimum atomic E-state index is -4.19. The number of ether oxygens (including phenoxy) is 1. The molecular weight excluding hydrogens is 577 g/mol. The molecule has 3 rings (SSSR count). The molecule has 2 amide bonds. The van der Waals surface area contributed by atoms with Gasteiger partial charge in [-0.15, -0.1) is 11.8 Å². The Bertz CT molecular complexity index is 1430. The zero-order valence-corrected chi connectivity index (χ0v) is 26.2. The summed E-state index contributed by atoms with van der Waals surface area (Å²) >= 11 is 1.48. The number of nitrogens with zero attached hydrogens (tertiary/aromatic N) is 2. The van der Waals surface area contributed by atoms with Crippen molar-refractivity contribution < 1.29 is 27.1 Å². The van der Waals surface area contributed by atoms with E-state index in [1.807, 2.05) is 27.0 Å². The number of hydrogen-bond acceptors (Lipinski definition) is 6. The van der Waals surface area contributed by atoms with E-state index in [2.05, 4.69) is 5.32 Å². The summed E-state index contributed by atoms with van der Waals surface area (Å²) < 4.78 is 48.1. The molecule has 0 aliphatic carbocycles. The Kier molecular flexibility index (Phi) is 11.8. The van der Waals surface area contributed by atoms with Crippen LogP contribution < -0.4 is 14.4 Å². The summed E-state index contributed by atoms with van der Waals surface area (Å²) in [5.41, 5.74) is 0.857. The molecule has 0 radical (unpaired) electrons. The van der Waals surface area contributed by atoms with Crippen LogP contribution in [0.1, 0.15) is 39.7 Å². The number of anilines is 1. The van der Waals surface area contributed by atoms with Gasteiger partial charge in [-0.1, -0.05) is 19.1 Å². The van der Waals surface area contributed by atoms with E-state index in [-0.39, 0.29) is 29.1 Å². The molecule has 0 aliphatic rings. The molecule has 11 heteroatoms. The highest BCUT2D eigenvalue weighted by Crippen LogP contribution is 2.28. The number of halogens is 1. The minimum Gasteiger partial charge on any atom is -0.494 e. The Balaban J connectivity index is 2.03. The molecule has 0 fully saturated rings. The second kappa shape index (κ2) is 15.1. The van der Waals surface area contributed by atoms with Crippen LogP contribution in [0.25, 0.3) is 0 Å². The topological polar surface area (TPSA) is 96.0 Å². The van der Waals surface area contributed by atoms with Gasteiger partial charge in [0.1, 0.15) is 24.2 Å². The van der Waals surface area contributed by atoms with E-state index >= 15 is 0 Å². The van der Waals surface area contributed by atoms with E-state index < -0.39 is 34.3 Å². The quantitative estimate of drug-likeness (QED) is 0.242. The molecule has 3 aromatic rings. The molecule has 8 nitrogen and oxygen atoms in total. The summed E-state index contributed by atoms with van der Waals surface area (Å²) in [7, 11) is -4.19. The zero-order chi connectivity index (χ0) is 30.9. The minimum absolute atomic E-state index is 0.0200. The van der Waals surface area contributed by atoms with Gasteiger partial charge in [0.25, 0.3) is 10.0 Å². The molecule has 0 aromatic heterocycles. The Hall–Kier alpha value is -3.57. The lowest BCUT2D eigenvalue weighted by Gasteiger charge is -2.32. The van der Waals surface area contributed by atoms with Gasteiger partial charge < -0.3 is 15.0 Å². The summed E-state index contributed by atoms with van der Waals surface area (Å²) in [6.07, 6.45) is 2.59. The van der Waals surface area contributed by atoms with Crippen molar-refractivity contribution >= 4 is 39.3 Å². The second-order valence-corrected chi connectivity index (χ2v) is 12.5. The molecule has 42 heavy (non-hydrogen) atoms. The van der Waals surface area contributed by atoms with Gasteiger partial charge >= 0.3 is 0 Å². The average molecular weight is 616 g/mol. The van der Waals surface area contributed by atoms with Gasteiger partial charge in [-0.2, -0.15) is 0 Å². The molecule has 0 unspecified atom stereocenters. The van der Waals surface area contributed by atoms with Crippen molar-refractivity contribution in [2.75, 3.05) is 23.7 Å². The molecule has 0 saturated carbocycles. The van der Waals surface area contributed by atoms with Crippen LogP contribution in [0.2, 0.25) is 0 Å². The number of nitrogens with one attached hydrogen (secondary N) is 1. The number of thioether (sulfide) groups is 1. The lowest BCUT2D eigenvalue weighted by molar-refractivity contribution is -0.139. The molecule has 3 aromatic carbocycles. The van der Waals surface area contributed by atoms with Gasteiger partial charge in [0.05, 0.1) is 17.2 Å². The maximum atomic E-state index is 14.0. The van der Waals surface area contributed by atoms with Crippen LogP contribution in [0.4, 0.5) is 10.1 Å². The fourth-order valence-electron chi connectivity index (χ4n) is 4.11. The molecule has 226 valence electrons. The van der Waals surface area contributed by atoms with Crippen molar-refractivity contribution in [1.82, 2.24) is 10.2 Å². The summed E-state index contributed by atoms with van der Waals surface area (Å²) in [6, 6.07) is 17.4. The van der Waals surface area contributed by atoms with Crippen LogP contribution >= 0.6 is 11.8 Å². The first-order valence-electron chi connectivity index (χ1n) is 13.7. The van der Waals surface area contributed by atoms with Crippen molar-refractivity contribution in [3.8, 4) is 5.75 Å². The third-order valence-electron chi connectivity index (χ3n) is 6.80. The van der Waals surface area contributed by atoms with Gasteiger partial charge in [-0.25, -0.2) is 12.8 Å². The highest BCUT2D eigenvalue weighted by Gasteiger charge is 2.33. The summed E-state index contributed by atoms with van der Waals surface area (Å²) in [5, 5.41) is 2.89. The van der Waals surface area contributed by atoms with Crippen molar-refractivity contribution in [3.63, 3.8) is 0 Å². The highest BCUT2D eigenvalue weighted by molar-refractivity contribution is 7.98. The standard InChI is InChI=1S/C31H38FN3O5S2/c1-6-22(3)33-31(37)23(4)34(20-24-8-10-25(32)11-9-24)30(36)21-35(26-12-14-27(15-13-26)40-7-2)42(38,39)29-18-16-28(41-5)17-19-29/h8-19,22-23H,6-7,20-21H2,1-5H3,(H,33,37)/t22-,23+/m1/s1. The number of carbonyl (C=O) groups excluding carboxylic acids is 2. The predicted octanol–water partition coefficient (Wildman–Crippen LogP) is 5.47. The summed E-state index contributed by atoms with van der Waals surface area (Å²) in [6.45, 7) is 7.08. The van der Waals surface area contributed by atoms with Gasteiger partial charge in [0.2, 0.25) is 11.8 Å². The second-order valence-electron chi connectivity index (χ2n) is 9.76. The lowest BCUT2D eigenvalue weighted by Crippen LogP contribution is -2.52. The normalized spacial score (nSPS) is 12.7. The van der Waals surface area contributed by atoms with Gasteiger partial charge in [0, 0.05) is 17.5 Å².